The van der Waals surface area contributed by atoms with Gasteiger partial charge in [-0.15, -0.1) is 12.4 Å². The summed E-state index contributed by atoms with van der Waals surface area (Å²) >= 11 is 0. The lowest BCUT2D eigenvalue weighted by Gasteiger charge is -2.30. The third-order valence-electron chi connectivity index (χ3n) is 3.94. The van der Waals surface area contributed by atoms with Crippen molar-refractivity contribution in [2.24, 2.45) is 11.1 Å². The van der Waals surface area contributed by atoms with Crippen LogP contribution in [-0.4, -0.2) is 24.4 Å². The number of carbonyl (C=O) groups is 1. The highest BCUT2D eigenvalue weighted by Gasteiger charge is 2.41. The molecule has 1 aromatic rings. The van der Waals surface area contributed by atoms with Gasteiger partial charge in [0.25, 0.3) is 0 Å². The first-order chi connectivity index (χ1) is 8.57. The zero-order valence-electron chi connectivity index (χ0n) is 11.6. The maximum absolute atomic E-state index is 12.5. The Morgan fingerprint density at radius 2 is 2.05 bits per heavy atom. The Morgan fingerprint density at radius 1 is 1.42 bits per heavy atom. The van der Waals surface area contributed by atoms with E-state index in [0.29, 0.717) is 13.1 Å². The Hall–Kier alpha value is -1.00. The maximum atomic E-state index is 12.5. The Balaban J connectivity index is 0.00000180. The van der Waals surface area contributed by atoms with Crippen LogP contribution in [0.25, 0.3) is 0 Å². The van der Waals surface area contributed by atoms with Crippen LogP contribution in [-0.2, 0) is 11.3 Å². The van der Waals surface area contributed by atoms with E-state index in [1.807, 2.05) is 26.1 Å². The summed E-state index contributed by atoms with van der Waals surface area (Å²) in [5.41, 5.74) is 5.51. The van der Waals surface area contributed by atoms with Crippen molar-refractivity contribution in [1.82, 2.24) is 4.90 Å². The number of hydrogen-bond acceptors (Lipinski definition) is 3. The van der Waals surface area contributed by atoms with Gasteiger partial charge >= 0.3 is 0 Å². The third kappa shape index (κ3) is 3.31. The SMILES string of the molecule is Cc1ccc(CN(C)C(=O)C2(CN)CCCC2)o1.Cl. The molecule has 0 aromatic carbocycles. The van der Waals surface area contributed by atoms with Gasteiger partial charge in [-0.2, -0.15) is 0 Å². The predicted molar refractivity (Wildman–Crippen MR) is 77.1 cm³/mol. The number of amides is 1. The molecule has 108 valence electrons. The van der Waals surface area contributed by atoms with Crippen LogP contribution in [0.3, 0.4) is 0 Å². The molecule has 0 bridgehead atoms. The molecule has 5 heteroatoms. The van der Waals surface area contributed by atoms with Crippen LogP contribution < -0.4 is 5.73 Å². The summed E-state index contributed by atoms with van der Waals surface area (Å²) in [5, 5.41) is 0. The second kappa shape index (κ2) is 6.44. The fraction of sp³-hybridized carbons (Fsp3) is 0.643. The quantitative estimate of drug-likeness (QED) is 0.925. The van der Waals surface area contributed by atoms with Gasteiger partial charge in [-0.25, -0.2) is 0 Å². The largest absolute Gasteiger partial charge is 0.464 e. The monoisotopic (exact) mass is 286 g/mol. The minimum Gasteiger partial charge on any atom is -0.464 e. The van der Waals surface area contributed by atoms with Gasteiger partial charge in [0.2, 0.25) is 5.91 Å². The van der Waals surface area contributed by atoms with E-state index < -0.39 is 0 Å². The van der Waals surface area contributed by atoms with Crippen LogP contribution in [0.4, 0.5) is 0 Å². The van der Waals surface area contributed by atoms with E-state index in [2.05, 4.69) is 0 Å². The summed E-state index contributed by atoms with van der Waals surface area (Å²) in [4.78, 5) is 14.3. The van der Waals surface area contributed by atoms with Crippen molar-refractivity contribution < 1.29 is 9.21 Å². The van der Waals surface area contributed by atoms with Crippen LogP contribution in [0.2, 0.25) is 0 Å². The Morgan fingerprint density at radius 3 is 2.53 bits per heavy atom. The second-order valence-corrected chi connectivity index (χ2v) is 5.37. The molecule has 4 nitrogen and oxygen atoms in total. The van der Waals surface area contributed by atoms with Crippen LogP contribution in [0.15, 0.2) is 16.5 Å². The molecule has 19 heavy (non-hydrogen) atoms. The zero-order chi connectivity index (χ0) is 13.2. The summed E-state index contributed by atoms with van der Waals surface area (Å²) in [6.45, 7) is 2.88. The molecule has 1 aliphatic carbocycles. The summed E-state index contributed by atoms with van der Waals surface area (Å²) in [6.07, 6.45) is 4.06. The number of nitrogens with two attached hydrogens (primary N) is 1. The zero-order valence-corrected chi connectivity index (χ0v) is 12.5. The molecule has 1 amide bonds. The Bertz CT molecular complexity index is 425. The van der Waals surface area contributed by atoms with E-state index in [4.69, 9.17) is 10.2 Å². The fourth-order valence-electron chi connectivity index (χ4n) is 2.84. The molecule has 0 spiro atoms. The lowest BCUT2D eigenvalue weighted by Crippen LogP contribution is -2.44. The molecule has 1 saturated carbocycles. The van der Waals surface area contributed by atoms with E-state index in [-0.39, 0.29) is 23.7 Å². The highest BCUT2D eigenvalue weighted by atomic mass is 35.5. The summed E-state index contributed by atoms with van der Waals surface area (Å²) in [6, 6.07) is 3.84. The molecule has 2 N–H and O–H groups in total. The molecule has 1 heterocycles. The number of hydrogen-bond donors (Lipinski definition) is 1. The Kier molecular flexibility index (Phi) is 5.44. The van der Waals surface area contributed by atoms with Gasteiger partial charge < -0.3 is 15.1 Å². The van der Waals surface area contributed by atoms with E-state index >= 15 is 0 Å². The van der Waals surface area contributed by atoms with E-state index in [0.717, 1.165) is 37.2 Å². The number of halogens is 1. The Labute approximate surface area is 120 Å². The number of furan rings is 1. The van der Waals surface area contributed by atoms with Crippen molar-refractivity contribution in [3.05, 3.63) is 23.7 Å². The fourth-order valence-corrected chi connectivity index (χ4v) is 2.84. The molecule has 0 radical (unpaired) electrons. The van der Waals surface area contributed by atoms with E-state index in [9.17, 15) is 4.79 Å². The molecule has 1 aliphatic rings. The van der Waals surface area contributed by atoms with Gasteiger partial charge in [-0.05, 0) is 31.9 Å². The van der Waals surface area contributed by atoms with Gasteiger partial charge in [0.15, 0.2) is 0 Å². The maximum Gasteiger partial charge on any atom is 0.230 e. The summed E-state index contributed by atoms with van der Waals surface area (Å²) in [5.74, 6) is 1.87. The van der Waals surface area contributed by atoms with Crippen LogP contribution in [0.5, 0.6) is 0 Å². The average Bonchev–Trinajstić information content (AvgIpc) is 2.98. The van der Waals surface area contributed by atoms with Gasteiger partial charge in [0.1, 0.15) is 11.5 Å². The number of aryl methyl sites for hydroxylation is 1. The predicted octanol–water partition coefficient (Wildman–Crippen LogP) is 2.49. The van der Waals surface area contributed by atoms with Crippen molar-refractivity contribution in [3.63, 3.8) is 0 Å². The standard InChI is InChI=1S/C14H22N2O2.ClH/c1-11-5-6-12(18-11)9-16(2)13(17)14(10-15)7-3-4-8-14;/h5-6H,3-4,7-10,15H2,1-2H3;1H. The van der Waals surface area contributed by atoms with Gasteiger partial charge in [-0.1, -0.05) is 12.8 Å². The lowest BCUT2D eigenvalue weighted by molar-refractivity contribution is -0.140. The van der Waals surface area contributed by atoms with Crippen molar-refractivity contribution in [3.8, 4) is 0 Å². The molecular weight excluding hydrogens is 264 g/mol. The summed E-state index contributed by atoms with van der Waals surface area (Å²) in [7, 11) is 1.83. The highest BCUT2D eigenvalue weighted by Crippen LogP contribution is 2.38. The van der Waals surface area contributed by atoms with Crippen molar-refractivity contribution in [1.29, 1.82) is 0 Å². The molecule has 0 atom stereocenters. The van der Waals surface area contributed by atoms with Crippen LogP contribution in [0, 0.1) is 12.3 Å². The molecular formula is C14H23ClN2O2. The lowest BCUT2D eigenvalue weighted by atomic mass is 9.85. The van der Waals surface area contributed by atoms with Crippen molar-refractivity contribution in [2.75, 3.05) is 13.6 Å². The minimum atomic E-state index is -0.323. The van der Waals surface area contributed by atoms with Crippen LogP contribution in [0.1, 0.15) is 37.2 Å². The number of nitrogens with zero attached hydrogens (tertiary/aromatic N) is 1. The minimum absolute atomic E-state index is 0. The average molecular weight is 287 g/mol. The first kappa shape index (κ1) is 16.1. The second-order valence-electron chi connectivity index (χ2n) is 5.37. The van der Waals surface area contributed by atoms with E-state index in [1.54, 1.807) is 4.90 Å². The van der Waals surface area contributed by atoms with Crippen molar-refractivity contribution >= 4 is 18.3 Å². The van der Waals surface area contributed by atoms with Gasteiger partial charge in [0.05, 0.1) is 12.0 Å². The summed E-state index contributed by atoms with van der Waals surface area (Å²) < 4.78 is 5.51. The van der Waals surface area contributed by atoms with Crippen LogP contribution >= 0.6 is 12.4 Å². The first-order valence-electron chi connectivity index (χ1n) is 6.58. The third-order valence-corrected chi connectivity index (χ3v) is 3.94. The molecule has 1 fully saturated rings. The van der Waals surface area contributed by atoms with Crippen molar-refractivity contribution in [2.45, 2.75) is 39.2 Å². The molecule has 0 saturated heterocycles. The smallest absolute Gasteiger partial charge is 0.230 e. The van der Waals surface area contributed by atoms with E-state index in [1.165, 1.54) is 0 Å². The van der Waals surface area contributed by atoms with Gasteiger partial charge in [-0.3, -0.25) is 4.79 Å². The topological polar surface area (TPSA) is 59.5 Å². The first-order valence-corrected chi connectivity index (χ1v) is 6.58. The number of carbonyl (C=O) groups excluding carboxylic acids is 1. The molecule has 0 unspecified atom stereocenters. The molecule has 2 rings (SSSR count). The molecule has 1 aromatic heterocycles. The number of rotatable bonds is 4. The highest BCUT2D eigenvalue weighted by molar-refractivity contribution is 5.85. The normalized spacial score (nSPS) is 17.0. The molecule has 0 aliphatic heterocycles. The van der Waals surface area contributed by atoms with Gasteiger partial charge in [0, 0.05) is 13.6 Å².